The van der Waals surface area contributed by atoms with Crippen LogP contribution in [0.4, 0.5) is 5.82 Å². The molecule has 1 atom stereocenters. The zero-order valence-electron chi connectivity index (χ0n) is 13.6. The highest BCUT2D eigenvalue weighted by atomic mass is 16.5. The summed E-state index contributed by atoms with van der Waals surface area (Å²) in [7, 11) is 0. The molecule has 1 aromatic rings. The first-order valence-corrected chi connectivity index (χ1v) is 7.76. The molecule has 0 aliphatic rings. The van der Waals surface area contributed by atoms with Crippen LogP contribution in [0.5, 0.6) is 5.88 Å². The van der Waals surface area contributed by atoms with Crippen LogP contribution in [0.3, 0.4) is 0 Å². The van der Waals surface area contributed by atoms with Gasteiger partial charge in [-0.2, -0.15) is 4.98 Å². The molecule has 4 heteroatoms. The Labute approximate surface area is 123 Å². The van der Waals surface area contributed by atoms with E-state index in [4.69, 9.17) is 10.5 Å². The highest BCUT2D eigenvalue weighted by molar-refractivity contribution is 5.44. The smallest absolute Gasteiger partial charge is 0.222 e. The van der Waals surface area contributed by atoms with Crippen LogP contribution in [0, 0.1) is 6.92 Å². The van der Waals surface area contributed by atoms with Gasteiger partial charge in [-0.1, -0.05) is 40.0 Å². The Morgan fingerprint density at radius 2 is 1.80 bits per heavy atom. The maximum Gasteiger partial charge on any atom is 0.222 e. The summed E-state index contributed by atoms with van der Waals surface area (Å²) in [5.41, 5.74) is 6.79. The monoisotopic (exact) mass is 279 g/mol. The Morgan fingerprint density at radius 1 is 1.10 bits per heavy atom. The molecule has 0 radical (unpaired) electrons. The van der Waals surface area contributed by atoms with Crippen LogP contribution in [-0.4, -0.2) is 16.1 Å². The summed E-state index contributed by atoms with van der Waals surface area (Å²) >= 11 is 0. The number of unbranched alkanes of at least 4 members (excludes halogenated alkanes) is 3. The van der Waals surface area contributed by atoms with Crippen LogP contribution < -0.4 is 10.5 Å². The highest BCUT2D eigenvalue weighted by Crippen LogP contribution is 2.24. The number of aromatic nitrogens is 2. The van der Waals surface area contributed by atoms with Crippen molar-refractivity contribution >= 4 is 5.82 Å². The van der Waals surface area contributed by atoms with Crippen LogP contribution in [0.25, 0.3) is 0 Å². The Balaban J connectivity index is 2.66. The molecule has 1 heterocycles. The van der Waals surface area contributed by atoms with Gasteiger partial charge in [0.25, 0.3) is 0 Å². The number of hydrogen-bond donors (Lipinski definition) is 1. The van der Waals surface area contributed by atoms with Crippen molar-refractivity contribution in [2.45, 2.75) is 78.7 Å². The maximum absolute atomic E-state index is 5.97. The summed E-state index contributed by atoms with van der Waals surface area (Å²) in [5, 5.41) is 0. The summed E-state index contributed by atoms with van der Waals surface area (Å²) in [6, 6.07) is 0. The van der Waals surface area contributed by atoms with E-state index in [-0.39, 0.29) is 12.0 Å². The van der Waals surface area contributed by atoms with Crippen LogP contribution in [0.2, 0.25) is 0 Å². The predicted molar refractivity (Wildman–Crippen MR) is 84.1 cm³/mol. The van der Waals surface area contributed by atoms with Gasteiger partial charge in [0.15, 0.2) is 0 Å². The lowest BCUT2D eigenvalue weighted by Gasteiger charge is -2.17. The molecule has 1 aromatic heterocycles. The minimum absolute atomic E-state index is 0.167. The van der Waals surface area contributed by atoms with Crippen LogP contribution in [-0.2, 0) is 0 Å². The molecule has 1 rings (SSSR count). The number of anilines is 1. The number of nitrogen functional groups attached to an aromatic ring is 1. The van der Waals surface area contributed by atoms with Gasteiger partial charge in [-0.05, 0) is 26.7 Å². The van der Waals surface area contributed by atoms with Gasteiger partial charge in [0.1, 0.15) is 11.6 Å². The molecular weight excluding hydrogens is 250 g/mol. The zero-order chi connectivity index (χ0) is 15.1. The van der Waals surface area contributed by atoms with Crippen LogP contribution in [0.15, 0.2) is 0 Å². The van der Waals surface area contributed by atoms with E-state index >= 15 is 0 Å². The molecule has 4 nitrogen and oxygen atoms in total. The Hall–Kier alpha value is -1.32. The summed E-state index contributed by atoms with van der Waals surface area (Å²) < 4.78 is 5.97. The van der Waals surface area contributed by atoms with E-state index < -0.39 is 0 Å². The SMILES string of the molecule is CCCCCCC(C)Oc1nc(C(C)C)nc(N)c1C. The quantitative estimate of drug-likeness (QED) is 0.723. The minimum atomic E-state index is 0.167. The third-order valence-electron chi connectivity index (χ3n) is 3.45. The van der Waals surface area contributed by atoms with Crippen molar-refractivity contribution in [1.82, 2.24) is 9.97 Å². The second-order valence-electron chi connectivity index (χ2n) is 5.83. The molecule has 0 saturated carbocycles. The lowest BCUT2D eigenvalue weighted by Crippen LogP contribution is -2.15. The molecule has 114 valence electrons. The van der Waals surface area contributed by atoms with Gasteiger partial charge in [0.2, 0.25) is 5.88 Å². The summed E-state index contributed by atoms with van der Waals surface area (Å²) in [4.78, 5) is 8.82. The lowest BCUT2D eigenvalue weighted by molar-refractivity contribution is 0.196. The molecule has 0 spiro atoms. The Morgan fingerprint density at radius 3 is 2.40 bits per heavy atom. The zero-order valence-corrected chi connectivity index (χ0v) is 13.6. The first-order valence-electron chi connectivity index (χ1n) is 7.76. The van der Waals surface area contributed by atoms with Gasteiger partial charge in [-0.25, -0.2) is 4.98 Å². The number of rotatable bonds is 8. The molecule has 2 N–H and O–H groups in total. The Bertz CT molecular complexity index is 418. The van der Waals surface area contributed by atoms with Gasteiger partial charge in [0.05, 0.1) is 11.7 Å². The van der Waals surface area contributed by atoms with Crippen molar-refractivity contribution in [1.29, 1.82) is 0 Å². The predicted octanol–water partition coefficient (Wildman–Crippen LogP) is 4.23. The van der Waals surface area contributed by atoms with Gasteiger partial charge < -0.3 is 10.5 Å². The molecule has 0 aromatic carbocycles. The van der Waals surface area contributed by atoms with Crippen molar-refractivity contribution in [3.63, 3.8) is 0 Å². The van der Waals surface area contributed by atoms with Crippen LogP contribution in [0.1, 0.15) is 77.1 Å². The fourth-order valence-electron chi connectivity index (χ4n) is 2.01. The number of nitrogens with two attached hydrogens (primary N) is 1. The van der Waals surface area contributed by atoms with E-state index in [0.717, 1.165) is 17.8 Å². The molecule has 1 unspecified atom stereocenters. The minimum Gasteiger partial charge on any atom is -0.474 e. The number of ether oxygens (including phenoxy) is 1. The molecule has 0 saturated heterocycles. The number of nitrogens with zero attached hydrogens (tertiary/aromatic N) is 2. The molecule has 0 amide bonds. The molecule has 20 heavy (non-hydrogen) atoms. The first kappa shape index (κ1) is 16.7. The van der Waals surface area contributed by atoms with Crippen molar-refractivity contribution < 1.29 is 4.74 Å². The van der Waals surface area contributed by atoms with E-state index in [1.54, 1.807) is 0 Å². The van der Waals surface area contributed by atoms with E-state index in [9.17, 15) is 0 Å². The van der Waals surface area contributed by atoms with Gasteiger partial charge in [0, 0.05) is 5.92 Å². The second-order valence-corrected chi connectivity index (χ2v) is 5.83. The molecule has 0 bridgehead atoms. The second kappa shape index (κ2) is 8.08. The number of hydrogen-bond acceptors (Lipinski definition) is 4. The largest absolute Gasteiger partial charge is 0.474 e. The molecular formula is C16H29N3O. The summed E-state index contributed by atoms with van der Waals surface area (Å²) in [6.45, 7) is 10.3. The summed E-state index contributed by atoms with van der Waals surface area (Å²) in [5.74, 6) is 2.17. The van der Waals surface area contributed by atoms with Crippen molar-refractivity contribution in [2.24, 2.45) is 0 Å². The van der Waals surface area contributed by atoms with Crippen LogP contribution >= 0.6 is 0 Å². The van der Waals surface area contributed by atoms with E-state index in [0.29, 0.717) is 11.7 Å². The van der Waals surface area contributed by atoms with Gasteiger partial charge in [-0.15, -0.1) is 0 Å². The molecule has 0 fully saturated rings. The lowest BCUT2D eigenvalue weighted by atomic mass is 10.1. The van der Waals surface area contributed by atoms with E-state index in [1.165, 1.54) is 25.7 Å². The topological polar surface area (TPSA) is 61.0 Å². The molecule has 0 aliphatic heterocycles. The van der Waals surface area contributed by atoms with Crippen molar-refractivity contribution in [2.75, 3.05) is 5.73 Å². The average molecular weight is 279 g/mol. The average Bonchev–Trinajstić information content (AvgIpc) is 2.39. The normalized spacial score (nSPS) is 12.7. The third-order valence-corrected chi connectivity index (χ3v) is 3.45. The Kier molecular flexibility index (Phi) is 6.76. The van der Waals surface area contributed by atoms with Crippen molar-refractivity contribution in [3.05, 3.63) is 11.4 Å². The molecule has 0 aliphatic carbocycles. The maximum atomic E-state index is 5.97. The van der Waals surface area contributed by atoms with Gasteiger partial charge >= 0.3 is 0 Å². The fraction of sp³-hybridized carbons (Fsp3) is 0.750. The standard InChI is InChI=1S/C16H29N3O/c1-6-7-8-9-10-12(4)20-16-13(5)14(17)18-15(19-16)11(2)3/h11-12H,6-10H2,1-5H3,(H2,17,18,19). The summed E-state index contributed by atoms with van der Waals surface area (Å²) in [6.07, 6.45) is 6.25. The van der Waals surface area contributed by atoms with E-state index in [1.807, 2.05) is 6.92 Å². The van der Waals surface area contributed by atoms with E-state index in [2.05, 4.69) is 37.7 Å². The van der Waals surface area contributed by atoms with Gasteiger partial charge in [-0.3, -0.25) is 0 Å². The highest BCUT2D eigenvalue weighted by Gasteiger charge is 2.14. The first-order chi connectivity index (χ1) is 9.45. The fourth-order valence-corrected chi connectivity index (χ4v) is 2.01. The third kappa shape index (κ3) is 4.99. The van der Waals surface area contributed by atoms with Crippen molar-refractivity contribution in [3.8, 4) is 5.88 Å².